The molecule has 0 aliphatic heterocycles. The first kappa shape index (κ1) is 9.79. The van der Waals surface area contributed by atoms with Crippen LogP contribution in [-0.2, 0) is 4.79 Å². The lowest BCUT2D eigenvalue weighted by Gasteiger charge is -2.18. The van der Waals surface area contributed by atoms with Crippen LogP contribution in [0.5, 0.6) is 0 Å². The summed E-state index contributed by atoms with van der Waals surface area (Å²) >= 11 is 0. The van der Waals surface area contributed by atoms with Gasteiger partial charge in [0.2, 0.25) is 0 Å². The van der Waals surface area contributed by atoms with Gasteiger partial charge < -0.3 is 5.73 Å². The Hall–Kier alpha value is -1.21. The number of nitro groups is 1. The number of hydrogen-bond acceptors (Lipinski definition) is 5. The zero-order valence-corrected chi connectivity index (χ0v) is 6.03. The van der Waals surface area contributed by atoms with Gasteiger partial charge >= 0.3 is 11.6 Å². The minimum atomic E-state index is -2.03. The standard InChI is InChI=1S/C4H10N4O3/c1-2-4(7-6,3(5)9)8(10)11/h7H,2,6H2,1H3,(H2,5,9). The molecule has 0 saturated heterocycles. The summed E-state index contributed by atoms with van der Waals surface area (Å²) in [6.07, 6.45) is -0.0914. The number of primary amides is 1. The fourth-order valence-corrected chi connectivity index (χ4v) is 0.619. The summed E-state index contributed by atoms with van der Waals surface area (Å²) in [4.78, 5) is 20.0. The first-order chi connectivity index (χ1) is 5.01. The fourth-order valence-electron chi connectivity index (χ4n) is 0.619. The van der Waals surface area contributed by atoms with Crippen molar-refractivity contribution >= 4 is 5.91 Å². The molecule has 0 rings (SSSR count). The smallest absolute Gasteiger partial charge is 0.362 e. The van der Waals surface area contributed by atoms with E-state index >= 15 is 0 Å². The molecule has 64 valence electrons. The van der Waals surface area contributed by atoms with Gasteiger partial charge in [-0.1, -0.05) is 6.92 Å². The molecule has 7 heteroatoms. The summed E-state index contributed by atoms with van der Waals surface area (Å²) < 4.78 is 0. The van der Waals surface area contributed by atoms with Crippen LogP contribution in [0.15, 0.2) is 0 Å². The molecule has 1 amide bonds. The third-order valence-corrected chi connectivity index (χ3v) is 1.47. The van der Waals surface area contributed by atoms with Gasteiger partial charge in [-0.25, -0.2) is 0 Å². The Bertz CT molecular complexity index is 160. The molecule has 0 saturated carbocycles. The van der Waals surface area contributed by atoms with E-state index < -0.39 is 16.5 Å². The number of carbonyl (C=O) groups excluding carboxylic acids is 1. The van der Waals surface area contributed by atoms with Crippen molar-refractivity contribution < 1.29 is 9.72 Å². The molecule has 0 aromatic heterocycles. The van der Waals surface area contributed by atoms with Gasteiger partial charge in [-0.3, -0.25) is 20.8 Å². The molecule has 7 nitrogen and oxygen atoms in total. The quantitative estimate of drug-likeness (QED) is 0.197. The topological polar surface area (TPSA) is 124 Å². The molecule has 11 heavy (non-hydrogen) atoms. The molecule has 0 aromatic rings. The lowest BCUT2D eigenvalue weighted by atomic mass is 10.1. The van der Waals surface area contributed by atoms with Crippen molar-refractivity contribution in [2.45, 2.75) is 19.0 Å². The number of carbonyl (C=O) groups is 1. The van der Waals surface area contributed by atoms with E-state index in [1.54, 1.807) is 5.43 Å². The molecule has 0 radical (unpaired) electrons. The Morgan fingerprint density at radius 3 is 2.27 bits per heavy atom. The van der Waals surface area contributed by atoms with E-state index in [1.165, 1.54) is 6.92 Å². The normalized spacial score (nSPS) is 15.5. The Balaban J connectivity index is 4.76. The third-order valence-electron chi connectivity index (χ3n) is 1.47. The number of rotatable bonds is 4. The second-order valence-corrected chi connectivity index (χ2v) is 1.98. The molecule has 5 N–H and O–H groups in total. The van der Waals surface area contributed by atoms with Crippen LogP contribution in [0, 0.1) is 10.1 Å². The summed E-state index contributed by atoms with van der Waals surface area (Å²) in [6, 6.07) is 0. The molecule has 0 fully saturated rings. The number of nitrogens with one attached hydrogen (secondary N) is 1. The minimum absolute atomic E-state index is 0.0914. The second kappa shape index (κ2) is 3.26. The van der Waals surface area contributed by atoms with E-state index in [0.717, 1.165) is 0 Å². The van der Waals surface area contributed by atoms with Crippen LogP contribution in [0.3, 0.4) is 0 Å². The second-order valence-electron chi connectivity index (χ2n) is 1.98. The zero-order chi connectivity index (χ0) is 9.07. The Morgan fingerprint density at radius 1 is 1.82 bits per heavy atom. The molecular weight excluding hydrogens is 152 g/mol. The lowest BCUT2D eigenvalue weighted by molar-refractivity contribution is -0.560. The van der Waals surface area contributed by atoms with E-state index in [1.807, 2.05) is 0 Å². The Morgan fingerprint density at radius 2 is 2.27 bits per heavy atom. The average molecular weight is 162 g/mol. The van der Waals surface area contributed by atoms with Crippen LogP contribution in [-0.4, -0.2) is 16.5 Å². The summed E-state index contributed by atoms with van der Waals surface area (Å²) in [7, 11) is 0. The van der Waals surface area contributed by atoms with Gasteiger partial charge in [-0.15, -0.1) is 0 Å². The highest BCUT2D eigenvalue weighted by Gasteiger charge is 2.46. The number of hydrogen-bond donors (Lipinski definition) is 3. The maximum atomic E-state index is 10.6. The van der Waals surface area contributed by atoms with Gasteiger partial charge in [0, 0.05) is 6.42 Å². The summed E-state index contributed by atoms with van der Waals surface area (Å²) in [5, 5.41) is 10.3. The van der Waals surface area contributed by atoms with Crippen molar-refractivity contribution in [2.24, 2.45) is 11.6 Å². The van der Waals surface area contributed by atoms with Gasteiger partial charge in [0.05, 0.1) is 4.92 Å². The molecule has 0 spiro atoms. The van der Waals surface area contributed by atoms with Crippen LogP contribution in [0.1, 0.15) is 13.3 Å². The molecule has 0 aliphatic carbocycles. The van der Waals surface area contributed by atoms with Gasteiger partial charge in [0.25, 0.3) is 0 Å². The van der Waals surface area contributed by atoms with Crippen LogP contribution in [0.4, 0.5) is 0 Å². The molecular formula is C4H10N4O3. The molecule has 1 atom stereocenters. The Kier molecular flexibility index (Phi) is 2.90. The Labute approximate surface area is 62.8 Å². The van der Waals surface area contributed by atoms with Gasteiger partial charge in [0.1, 0.15) is 0 Å². The van der Waals surface area contributed by atoms with E-state index in [4.69, 9.17) is 11.6 Å². The van der Waals surface area contributed by atoms with Gasteiger partial charge in [-0.2, -0.15) is 5.43 Å². The number of nitrogens with two attached hydrogens (primary N) is 2. The van der Waals surface area contributed by atoms with Crippen molar-refractivity contribution in [3.63, 3.8) is 0 Å². The number of hydrazine groups is 1. The van der Waals surface area contributed by atoms with E-state index in [2.05, 4.69) is 0 Å². The average Bonchev–Trinajstić information content (AvgIpc) is 1.90. The van der Waals surface area contributed by atoms with Crippen molar-refractivity contribution in [1.82, 2.24) is 5.43 Å². The first-order valence-corrected chi connectivity index (χ1v) is 2.93. The number of nitrogens with zero attached hydrogens (tertiary/aromatic N) is 1. The highest BCUT2D eigenvalue weighted by molar-refractivity contribution is 5.82. The van der Waals surface area contributed by atoms with Crippen LogP contribution in [0.25, 0.3) is 0 Å². The number of amides is 1. The van der Waals surface area contributed by atoms with Gasteiger partial charge in [-0.05, 0) is 0 Å². The fraction of sp³-hybridized carbons (Fsp3) is 0.750. The molecule has 0 aliphatic rings. The van der Waals surface area contributed by atoms with Crippen LogP contribution >= 0.6 is 0 Å². The molecule has 0 aromatic carbocycles. The minimum Gasteiger partial charge on any atom is -0.362 e. The highest BCUT2D eigenvalue weighted by Crippen LogP contribution is 2.07. The zero-order valence-electron chi connectivity index (χ0n) is 6.03. The monoisotopic (exact) mass is 162 g/mol. The molecule has 0 bridgehead atoms. The van der Waals surface area contributed by atoms with Crippen molar-refractivity contribution in [3.05, 3.63) is 10.1 Å². The van der Waals surface area contributed by atoms with Crippen LogP contribution < -0.4 is 17.0 Å². The summed E-state index contributed by atoms with van der Waals surface area (Å²) in [5.41, 5.74) is 4.53. The first-order valence-electron chi connectivity index (χ1n) is 2.93. The van der Waals surface area contributed by atoms with Crippen LogP contribution in [0.2, 0.25) is 0 Å². The van der Waals surface area contributed by atoms with E-state index in [0.29, 0.717) is 0 Å². The highest BCUT2D eigenvalue weighted by atomic mass is 16.6. The van der Waals surface area contributed by atoms with Gasteiger partial charge in [0.15, 0.2) is 0 Å². The van der Waals surface area contributed by atoms with Crippen molar-refractivity contribution in [1.29, 1.82) is 0 Å². The molecule has 1 unspecified atom stereocenters. The van der Waals surface area contributed by atoms with E-state index in [9.17, 15) is 14.9 Å². The summed E-state index contributed by atoms with van der Waals surface area (Å²) in [6.45, 7) is 1.44. The largest absolute Gasteiger partial charge is 0.363 e. The maximum absolute atomic E-state index is 10.6. The molecule has 0 heterocycles. The SMILES string of the molecule is CCC(NN)(C(N)=O)[N+](=O)[O-]. The lowest BCUT2D eigenvalue weighted by Crippen LogP contribution is -2.63. The predicted octanol–water partition coefficient (Wildman–Crippen LogP) is -1.68. The third kappa shape index (κ3) is 1.44. The van der Waals surface area contributed by atoms with E-state index in [-0.39, 0.29) is 6.42 Å². The van der Waals surface area contributed by atoms with Crippen molar-refractivity contribution in [3.8, 4) is 0 Å². The predicted molar refractivity (Wildman–Crippen MR) is 36.5 cm³/mol. The maximum Gasteiger partial charge on any atom is 0.363 e. The van der Waals surface area contributed by atoms with Crippen molar-refractivity contribution in [2.75, 3.05) is 0 Å². The summed E-state index contributed by atoms with van der Waals surface area (Å²) in [5.74, 6) is 3.74.